The largest absolute Gasteiger partial charge is 0.561 e. The minimum Gasteiger partial charge on any atom is -0.561 e. The molecule has 2 aromatic carbocycles. The molecule has 1 saturated carbocycles. The third-order valence-electron chi connectivity index (χ3n) is 5.40. The number of carbonyl (C=O) groups is 2. The Morgan fingerprint density at radius 2 is 1.76 bits per heavy atom. The molecule has 3 aromatic rings. The van der Waals surface area contributed by atoms with E-state index in [9.17, 15) is 22.8 Å². The summed E-state index contributed by atoms with van der Waals surface area (Å²) in [5, 5.41) is 13.7. The highest BCUT2D eigenvalue weighted by Gasteiger charge is 2.49. The van der Waals surface area contributed by atoms with Crippen molar-refractivity contribution in [1.82, 2.24) is 15.1 Å². The lowest BCUT2D eigenvalue weighted by Gasteiger charge is -2.19. The number of benzene rings is 2. The quantitative estimate of drug-likeness (QED) is 0.476. The summed E-state index contributed by atoms with van der Waals surface area (Å²) in [6, 6.07) is 10.1. The number of alkyl halides is 3. The fourth-order valence-corrected chi connectivity index (χ4v) is 3.80. The Kier molecular flexibility index (Phi) is 5.99. The van der Waals surface area contributed by atoms with Gasteiger partial charge in [-0.25, -0.2) is 4.68 Å². The zero-order chi connectivity index (χ0) is 24.8. The number of halogens is 5. The van der Waals surface area contributed by atoms with Crippen molar-refractivity contribution in [2.75, 3.05) is 0 Å². The summed E-state index contributed by atoms with van der Waals surface area (Å²) in [6.45, 7) is 0. The molecule has 7 nitrogen and oxygen atoms in total. The van der Waals surface area contributed by atoms with Crippen molar-refractivity contribution in [2.45, 2.75) is 24.6 Å². The van der Waals surface area contributed by atoms with Crippen molar-refractivity contribution >= 4 is 35.1 Å². The molecule has 0 spiro atoms. The number of rotatable bonds is 6. The fraction of sp³-hybridized carbons (Fsp3) is 0.227. The molecule has 1 heterocycles. The number of nitrogens with zero attached hydrogens (tertiary/aromatic N) is 2. The van der Waals surface area contributed by atoms with E-state index in [-0.39, 0.29) is 21.4 Å². The highest BCUT2D eigenvalue weighted by molar-refractivity contribution is 6.42. The summed E-state index contributed by atoms with van der Waals surface area (Å²) >= 11 is 11.8. The lowest BCUT2D eigenvalue weighted by molar-refractivity contribution is -0.141. The Hall–Kier alpha value is -3.24. The second kappa shape index (κ2) is 8.52. The van der Waals surface area contributed by atoms with Gasteiger partial charge in [-0.2, -0.15) is 18.3 Å². The fourth-order valence-electron chi connectivity index (χ4n) is 3.51. The number of nitrogens with one attached hydrogen (secondary N) is 1. The zero-order valence-electron chi connectivity index (χ0n) is 17.5. The third kappa shape index (κ3) is 4.55. The Morgan fingerprint density at radius 3 is 2.29 bits per heavy atom. The molecule has 0 bridgehead atoms. The first-order valence-electron chi connectivity index (χ1n) is 9.87. The van der Waals surface area contributed by atoms with Crippen molar-refractivity contribution in [3.63, 3.8) is 0 Å². The predicted molar refractivity (Wildman–Crippen MR) is 118 cm³/mol. The van der Waals surface area contributed by atoms with Gasteiger partial charge in [0.2, 0.25) is 5.88 Å². The van der Waals surface area contributed by atoms with Crippen molar-refractivity contribution in [1.29, 1.82) is 0 Å². The average Bonchev–Trinajstić information content (AvgIpc) is 3.46. The molecule has 12 heteroatoms. The molecule has 34 heavy (non-hydrogen) atoms. The molecular weight excluding hydrogens is 498 g/mol. The number of ether oxygens (including phenoxy) is 1. The predicted octanol–water partition coefficient (Wildman–Crippen LogP) is 4.82. The van der Waals surface area contributed by atoms with E-state index in [0.717, 1.165) is 4.68 Å². The summed E-state index contributed by atoms with van der Waals surface area (Å²) in [6.07, 6.45) is -3.95. The van der Waals surface area contributed by atoms with E-state index in [1.165, 1.54) is 37.4 Å². The number of hydrogen-bond donors (Lipinski definition) is 1. The molecule has 0 aliphatic heterocycles. The zero-order valence-corrected chi connectivity index (χ0v) is 19.0. The standard InChI is InChI=1S/C22H16Cl2F3N3O4/c1-30-19(34-13-6-7-14(23)15(24)10-13)16(17(29-30)22(25,26)27)18(31)28-21(8-9-21)12-4-2-11(3-5-12)20(32)33/h2-7,10H,8-9H2,1H3,(H,28,31)(H,32,33)/p+1. The van der Waals surface area contributed by atoms with Gasteiger partial charge in [0.25, 0.3) is 5.91 Å². The van der Waals surface area contributed by atoms with E-state index < -0.39 is 40.7 Å². The third-order valence-corrected chi connectivity index (χ3v) is 6.14. The summed E-state index contributed by atoms with van der Waals surface area (Å²) in [7, 11) is 1.22. The van der Waals surface area contributed by atoms with E-state index in [1.807, 2.05) is 0 Å². The molecule has 1 aliphatic rings. The smallest absolute Gasteiger partial charge is 0.549 e. The van der Waals surface area contributed by atoms with E-state index in [1.54, 1.807) is 12.1 Å². The first kappa shape index (κ1) is 23.9. The molecule has 1 fully saturated rings. The highest BCUT2D eigenvalue weighted by Crippen LogP contribution is 2.47. The second-order valence-electron chi connectivity index (χ2n) is 7.77. The number of hydrogen-bond acceptors (Lipinski definition) is 4. The SMILES string of the molecule is Cn1nc(C(F)(F)F)c(C(=O)NC2(c3ccc(C(=O)[OH2+])cc3)CC2)c1Oc1ccc(Cl)c(Cl)c1. The van der Waals surface area contributed by atoms with Crippen LogP contribution in [0.25, 0.3) is 0 Å². The van der Waals surface area contributed by atoms with Gasteiger partial charge < -0.3 is 15.2 Å². The molecule has 0 atom stereocenters. The van der Waals surface area contributed by atoms with Gasteiger partial charge in [0.1, 0.15) is 16.9 Å². The molecular formula is C22H17Cl2F3N3O4+. The number of carbonyl (C=O) groups excluding carboxylic acids is 2. The monoisotopic (exact) mass is 514 g/mol. The first-order valence-corrected chi connectivity index (χ1v) is 10.6. The van der Waals surface area contributed by atoms with Crippen LogP contribution >= 0.6 is 23.2 Å². The van der Waals surface area contributed by atoms with Crippen LogP contribution in [0.5, 0.6) is 11.6 Å². The van der Waals surface area contributed by atoms with E-state index in [2.05, 4.69) is 10.4 Å². The second-order valence-corrected chi connectivity index (χ2v) is 8.59. The summed E-state index contributed by atoms with van der Waals surface area (Å²) < 4.78 is 47.7. The molecule has 0 unspecified atom stereocenters. The van der Waals surface area contributed by atoms with Gasteiger partial charge in [-0.1, -0.05) is 35.3 Å². The van der Waals surface area contributed by atoms with E-state index >= 15 is 0 Å². The molecule has 1 aliphatic carbocycles. The van der Waals surface area contributed by atoms with Crippen LogP contribution in [0.2, 0.25) is 10.0 Å². The minimum atomic E-state index is -4.92. The Labute approximate surface area is 201 Å². The van der Waals surface area contributed by atoms with Gasteiger partial charge >= 0.3 is 12.1 Å². The Morgan fingerprint density at radius 1 is 1.12 bits per heavy atom. The van der Waals surface area contributed by atoms with Crippen molar-refractivity contribution in [3.05, 3.63) is 74.9 Å². The summed E-state index contributed by atoms with van der Waals surface area (Å²) in [5.41, 5.74) is -2.30. The van der Waals surface area contributed by atoms with E-state index in [4.69, 9.17) is 33.0 Å². The summed E-state index contributed by atoms with van der Waals surface area (Å²) in [4.78, 5) is 24.4. The van der Waals surface area contributed by atoms with Crippen molar-refractivity contribution < 1.29 is 32.6 Å². The molecule has 178 valence electrons. The number of amides is 1. The molecule has 0 radical (unpaired) electrons. The Bertz CT molecular complexity index is 1290. The van der Waals surface area contributed by atoms with Crippen LogP contribution in [-0.2, 0) is 18.8 Å². The molecule has 1 amide bonds. The lowest BCUT2D eigenvalue weighted by Crippen LogP contribution is -2.36. The van der Waals surface area contributed by atoms with Crippen LogP contribution in [-0.4, -0.2) is 26.8 Å². The van der Waals surface area contributed by atoms with Gasteiger partial charge in [-0.15, -0.1) is 0 Å². The normalized spacial score (nSPS) is 14.5. The van der Waals surface area contributed by atoms with Crippen LogP contribution < -0.4 is 10.1 Å². The maximum atomic E-state index is 13.7. The summed E-state index contributed by atoms with van der Waals surface area (Å²) in [5.74, 6) is -2.24. The average molecular weight is 515 g/mol. The van der Waals surface area contributed by atoms with Crippen LogP contribution in [0, 0.1) is 0 Å². The van der Waals surface area contributed by atoms with Crippen LogP contribution in [0.15, 0.2) is 42.5 Å². The maximum Gasteiger partial charge on any atom is 0.549 e. The number of aromatic nitrogens is 2. The van der Waals surface area contributed by atoms with Crippen molar-refractivity contribution in [2.24, 2.45) is 7.05 Å². The first-order chi connectivity index (χ1) is 15.9. The van der Waals surface area contributed by atoms with Gasteiger partial charge in [-0.3, -0.25) is 4.79 Å². The number of aryl methyl sites for hydroxylation is 1. The molecule has 0 saturated heterocycles. The topological polar surface area (TPSA) is 96.1 Å². The van der Waals surface area contributed by atoms with Crippen LogP contribution in [0.3, 0.4) is 0 Å². The lowest BCUT2D eigenvalue weighted by atomic mass is 10.0. The van der Waals surface area contributed by atoms with Gasteiger partial charge in [-0.05, 0) is 42.7 Å². The van der Waals surface area contributed by atoms with Crippen LogP contribution in [0.4, 0.5) is 13.2 Å². The molecule has 1 aromatic heterocycles. The molecule has 3 N–H and O–H groups in total. The highest BCUT2D eigenvalue weighted by atomic mass is 35.5. The van der Waals surface area contributed by atoms with Gasteiger partial charge in [0.05, 0.1) is 15.6 Å². The maximum absolute atomic E-state index is 13.7. The Balaban J connectivity index is 1.70. The van der Waals surface area contributed by atoms with Crippen molar-refractivity contribution in [3.8, 4) is 11.6 Å². The van der Waals surface area contributed by atoms with Gasteiger partial charge in [0, 0.05) is 17.9 Å². The van der Waals surface area contributed by atoms with Gasteiger partial charge in [0.15, 0.2) is 5.69 Å². The van der Waals surface area contributed by atoms with Crippen LogP contribution in [0.1, 0.15) is 44.8 Å². The minimum absolute atomic E-state index is 0.0666. The van der Waals surface area contributed by atoms with E-state index in [0.29, 0.717) is 18.4 Å². The molecule has 4 rings (SSSR count).